The zero-order chi connectivity index (χ0) is 21.2. The number of halogens is 1. The van der Waals surface area contributed by atoms with Gasteiger partial charge in [0.1, 0.15) is 17.7 Å². The first-order chi connectivity index (χ1) is 15.2. The molecule has 0 bridgehead atoms. The van der Waals surface area contributed by atoms with Crippen LogP contribution in [-0.2, 0) is 11.3 Å². The van der Waals surface area contributed by atoms with Gasteiger partial charge in [-0.15, -0.1) is 5.10 Å². The SMILES string of the molecule is O=C1O[C@@H](Cn2ccnn2)CN1c1ccc(-c2ccc(N3CCSCC3)nc2)c(F)c1. The topological polar surface area (TPSA) is 76.4 Å². The molecule has 0 saturated carbocycles. The van der Waals surface area contributed by atoms with Crippen molar-refractivity contribution in [1.29, 1.82) is 0 Å². The number of cyclic esters (lactones) is 1. The molecule has 2 fully saturated rings. The molecule has 0 N–H and O–H groups in total. The van der Waals surface area contributed by atoms with E-state index in [2.05, 4.69) is 20.2 Å². The number of nitrogens with zero attached hydrogens (tertiary/aromatic N) is 6. The maximum atomic E-state index is 14.9. The Kier molecular flexibility index (Phi) is 5.46. The molecule has 160 valence electrons. The summed E-state index contributed by atoms with van der Waals surface area (Å²) in [6, 6.07) is 8.60. The monoisotopic (exact) mass is 440 g/mol. The average molecular weight is 441 g/mol. The molecule has 1 atom stereocenters. The summed E-state index contributed by atoms with van der Waals surface area (Å²) in [5.74, 6) is 2.70. The predicted octanol–water partition coefficient (Wildman–Crippen LogP) is 3.06. The molecule has 1 amide bonds. The predicted molar refractivity (Wildman–Crippen MR) is 117 cm³/mol. The normalized spacial score (nSPS) is 19.0. The smallest absolute Gasteiger partial charge is 0.414 e. The third-order valence-corrected chi connectivity index (χ3v) is 6.34. The van der Waals surface area contributed by atoms with Gasteiger partial charge in [-0.05, 0) is 30.3 Å². The van der Waals surface area contributed by atoms with Crippen LogP contribution >= 0.6 is 11.8 Å². The number of benzene rings is 1. The van der Waals surface area contributed by atoms with Crippen molar-refractivity contribution in [2.45, 2.75) is 12.6 Å². The molecular weight excluding hydrogens is 419 g/mol. The molecule has 2 saturated heterocycles. The first-order valence-corrected chi connectivity index (χ1v) is 11.2. The van der Waals surface area contributed by atoms with Gasteiger partial charge >= 0.3 is 6.09 Å². The molecule has 4 heterocycles. The third-order valence-electron chi connectivity index (χ3n) is 5.40. The van der Waals surface area contributed by atoms with E-state index in [1.54, 1.807) is 35.4 Å². The molecule has 0 unspecified atom stereocenters. The van der Waals surface area contributed by atoms with E-state index in [-0.39, 0.29) is 6.10 Å². The molecule has 1 aromatic carbocycles. The Hall–Kier alpha value is -3.14. The van der Waals surface area contributed by atoms with E-state index >= 15 is 0 Å². The fraction of sp³-hybridized carbons (Fsp3) is 0.333. The minimum atomic E-state index is -0.497. The molecular formula is C21H21FN6O2S. The lowest BCUT2D eigenvalue weighted by molar-refractivity contribution is 0.129. The van der Waals surface area contributed by atoms with E-state index in [0.29, 0.717) is 29.9 Å². The molecule has 0 spiro atoms. The Balaban J connectivity index is 1.30. The maximum absolute atomic E-state index is 14.9. The molecule has 31 heavy (non-hydrogen) atoms. The van der Waals surface area contributed by atoms with Crippen molar-refractivity contribution in [3.63, 3.8) is 0 Å². The van der Waals surface area contributed by atoms with Crippen molar-refractivity contribution in [3.8, 4) is 11.1 Å². The summed E-state index contributed by atoms with van der Waals surface area (Å²) >= 11 is 1.94. The second kappa shape index (κ2) is 8.54. The van der Waals surface area contributed by atoms with Crippen LogP contribution in [-0.4, -0.2) is 63.3 Å². The van der Waals surface area contributed by atoms with Gasteiger partial charge in [-0.2, -0.15) is 11.8 Å². The minimum Gasteiger partial charge on any atom is -0.442 e. The lowest BCUT2D eigenvalue weighted by Gasteiger charge is -2.27. The minimum absolute atomic E-state index is 0.321. The van der Waals surface area contributed by atoms with Crippen LogP contribution in [0.1, 0.15) is 0 Å². The second-order valence-electron chi connectivity index (χ2n) is 7.41. The number of thioether (sulfide) groups is 1. The second-order valence-corrected chi connectivity index (χ2v) is 8.63. The fourth-order valence-electron chi connectivity index (χ4n) is 3.80. The highest BCUT2D eigenvalue weighted by Crippen LogP contribution is 2.30. The highest BCUT2D eigenvalue weighted by atomic mass is 32.2. The van der Waals surface area contributed by atoms with E-state index in [1.807, 2.05) is 23.9 Å². The summed E-state index contributed by atoms with van der Waals surface area (Å²) < 4.78 is 21.9. The average Bonchev–Trinajstić information content (AvgIpc) is 3.44. The van der Waals surface area contributed by atoms with Crippen LogP contribution in [0.15, 0.2) is 48.9 Å². The molecule has 3 aromatic rings. The van der Waals surface area contributed by atoms with E-state index < -0.39 is 11.9 Å². The van der Waals surface area contributed by atoms with E-state index in [1.165, 1.54) is 11.0 Å². The van der Waals surface area contributed by atoms with Crippen molar-refractivity contribution < 1.29 is 13.9 Å². The number of carbonyl (C=O) groups excluding carboxylic acids is 1. The first-order valence-electron chi connectivity index (χ1n) is 10.1. The highest BCUT2D eigenvalue weighted by Gasteiger charge is 2.33. The molecule has 5 rings (SSSR count). The highest BCUT2D eigenvalue weighted by molar-refractivity contribution is 7.99. The summed E-state index contributed by atoms with van der Waals surface area (Å²) in [5.41, 5.74) is 1.61. The van der Waals surface area contributed by atoms with E-state index in [9.17, 15) is 9.18 Å². The number of aromatic nitrogens is 4. The van der Waals surface area contributed by atoms with Crippen LogP contribution in [0.25, 0.3) is 11.1 Å². The maximum Gasteiger partial charge on any atom is 0.414 e. The Bertz CT molecular complexity index is 1060. The Morgan fingerprint density at radius 3 is 2.77 bits per heavy atom. The quantitative estimate of drug-likeness (QED) is 0.604. The number of pyridine rings is 1. The number of amides is 1. The van der Waals surface area contributed by atoms with Crippen molar-refractivity contribution in [2.24, 2.45) is 0 Å². The zero-order valence-corrected chi connectivity index (χ0v) is 17.5. The lowest BCUT2D eigenvalue weighted by atomic mass is 10.1. The fourth-order valence-corrected chi connectivity index (χ4v) is 4.70. The van der Waals surface area contributed by atoms with Gasteiger partial charge in [-0.3, -0.25) is 4.90 Å². The number of ether oxygens (including phenoxy) is 1. The lowest BCUT2D eigenvalue weighted by Crippen LogP contribution is -2.32. The van der Waals surface area contributed by atoms with Crippen LogP contribution in [0.5, 0.6) is 0 Å². The molecule has 0 aliphatic carbocycles. The molecule has 8 nitrogen and oxygen atoms in total. The van der Waals surface area contributed by atoms with Crippen LogP contribution in [0.4, 0.5) is 20.7 Å². The van der Waals surface area contributed by atoms with Gasteiger partial charge in [0.25, 0.3) is 0 Å². The van der Waals surface area contributed by atoms with Crippen molar-refractivity contribution in [3.05, 3.63) is 54.7 Å². The van der Waals surface area contributed by atoms with Crippen molar-refractivity contribution in [1.82, 2.24) is 20.0 Å². The van der Waals surface area contributed by atoms with Gasteiger partial charge in [0.2, 0.25) is 0 Å². The van der Waals surface area contributed by atoms with Crippen LogP contribution in [0, 0.1) is 5.82 Å². The molecule has 2 aliphatic heterocycles. The van der Waals surface area contributed by atoms with Gasteiger partial charge in [-0.25, -0.2) is 18.9 Å². The molecule has 10 heteroatoms. The summed E-state index contributed by atoms with van der Waals surface area (Å²) in [7, 11) is 0. The van der Waals surface area contributed by atoms with Gasteiger partial charge in [0, 0.05) is 48.1 Å². The van der Waals surface area contributed by atoms with Gasteiger partial charge < -0.3 is 9.64 Å². The van der Waals surface area contributed by atoms with E-state index in [0.717, 1.165) is 30.4 Å². The van der Waals surface area contributed by atoms with Crippen molar-refractivity contribution >= 4 is 29.4 Å². The summed E-state index contributed by atoms with van der Waals surface area (Å²) in [5, 5.41) is 7.63. The number of rotatable bonds is 5. The molecule has 2 aromatic heterocycles. The zero-order valence-electron chi connectivity index (χ0n) is 16.7. The van der Waals surface area contributed by atoms with Gasteiger partial charge in [0.15, 0.2) is 0 Å². The standard InChI is InChI=1S/C21H21FN6O2S/c22-19-11-16(28-14-17(30-21(28)29)13-27-6-5-24-25-27)2-3-18(19)15-1-4-20(23-12-15)26-7-9-31-10-8-26/h1-6,11-12,17H,7-10,13-14H2/t17-/m0/s1. The van der Waals surface area contributed by atoms with Crippen LogP contribution in [0.3, 0.4) is 0 Å². The van der Waals surface area contributed by atoms with Crippen LogP contribution in [0.2, 0.25) is 0 Å². The summed E-state index contributed by atoms with van der Waals surface area (Å²) in [4.78, 5) is 20.5. The van der Waals surface area contributed by atoms with Gasteiger partial charge in [-0.1, -0.05) is 5.21 Å². The van der Waals surface area contributed by atoms with Crippen molar-refractivity contribution in [2.75, 3.05) is 40.9 Å². The Morgan fingerprint density at radius 2 is 2.06 bits per heavy atom. The summed E-state index contributed by atoms with van der Waals surface area (Å²) in [6.07, 6.45) is 4.10. The third kappa shape index (κ3) is 4.20. The Labute approximate surface area is 183 Å². The first kappa shape index (κ1) is 19.8. The number of carbonyl (C=O) groups is 1. The number of hydrogen-bond acceptors (Lipinski definition) is 7. The molecule has 0 radical (unpaired) electrons. The summed E-state index contributed by atoms with van der Waals surface area (Å²) in [6.45, 7) is 2.67. The molecule has 2 aliphatic rings. The number of anilines is 2. The largest absolute Gasteiger partial charge is 0.442 e. The number of hydrogen-bond donors (Lipinski definition) is 0. The van der Waals surface area contributed by atoms with Crippen LogP contribution < -0.4 is 9.80 Å². The Morgan fingerprint density at radius 1 is 1.19 bits per heavy atom. The van der Waals surface area contributed by atoms with Gasteiger partial charge in [0.05, 0.1) is 25.0 Å². The van der Waals surface area contributed by atoms with E-state index in [4.69, 9.17) is 4.74 Å².